The van der Waals surface area contributed by atoms with E-state index in [2.05, 4.69) is 15.5 Å². The number of benzene rings is 3. The van der Waals surface area contributed by atoms with E-state index in [-0.39, 0.29) is 22.0 Å². The number of carbonyl (C=O) groups is 4. The molecule has 0 atom stereocenters. The lowest BCUT2D eigenvalue weighted by Crippen LogP contribution is -2.36. The van der Waals surface area contributed by atoms with Gasteiger partial charge in [0.1, 0.15) is 12.3 Å². The van der Waals surface area contributed by atoms with Crippen molar-refractivity contribution in [3.05, 3.63) is 92.3 Å². The maximum atomic E-state index is 13.1. The van der Waals surface area contributed by atoms with E-state index in [1.165, 1.54) is 30.3 Å². The standard InChI is InChI=1S/C30H28ClN5O7S/c1-3-34(4-2)23-13-8-19(25(16-23)43-18-28(38)33-22-6-5-7-24(15-22)36(41)42)14-26-29(39)35(30(40)44-26)17-27(37)32-21-11-9-20(31)10-12-21/h5-16H,3-4,17-18H2,1-2H3,(H,32,37)(H,33,38)/b26-14+. The minimum absolute atomic E-state index is 0.0794. The zero-order valence-corrected chi connectivity index (χ0v) is 25.3. The smallest absolute Gasteiger partial charge is 0.294 e. The summed E-state index contributed by atoms with van der Waals surface area (Å²) >= 11 is 6.55. The molecule has 4 amide bonds. The van der Waals surface area contributed by atoms with Gasteiger partial charge in [-0.05, 0) is 74.1 Å². The zero-order valence-electron chi connectivity index (χ0n) is 23.7. The molecule has 228 valence electrons. The fraction of sp³-hybridized carbons (Fsp3) is 0.200. The number of hydrogen-bond acceptors (Lipinski definition) is 9. The van der Waals surface area contributed by atoms with Crippen LogP contribution in [-0.2, 0) is 14.4 Å². The number of non-ortho nitro benzene ring substituents is 1. The number of nitro benzene ring substituents is 1. The lowest BCUT2D eigenvalue weighted by atomic mass is 10.1. The van der Waals surface area contributed by atoms with Gasteiger partial charge in [0.2, 0.25) is 5.91 Å². The summed E-state index contributed by atoms with van der Waals surface area (Å²) in [5.41, 5.74) is 1.77. The van der Waals surface area contributed by atoms with E-state index in [4.69, 9.17) is 16.3 Å². The third kappa shape index (κ3) is 8.14. The number of thioether (sulfide) groups is 1. The Morgan fingerprint density at radius 3 is 2.39 bits per heavy atom. The van der Waals surface area contributed by atoms with Crippen LogP contribution in [-0.4, -0.2) is 59.0 Å². The fourth-order valence-electron chi connectivity index (χ4n) is 4.25. The lowest BCUT2D eigenvalue weighted by molar-refractivity contribution is -0.384. The topological polar surface area (TPSA) is 151 Å². The maximum Gasteiger partial charge on any atom is 0.294 e. The predicted octanol–water partition coefficient (Wildman–Crippen LogP) is 5.79. The fourth-order valence-corrected chi connectivity index (χ4v) is 5.20. The molecule has 1 heterocycles. The van der Waals surface area contributed by atoms with E-state index in [0.717, 1.165) is 10.6 Å². The average Bonchev–Trinajstić information content (AvgIpc) is 3.26. The highest BCUT2D eigenvalue weighted by Crippen LogP contribution is 2.35. The van der Waals surface area contributed by atoms with Gasteiger partial charge in [-0.25, -0.2) is 0 Å². The normalized spacial score (nSPS) is 13.6. The Bertz CT molecular complexity index is 1630. The Morgan fingerprint density at radius 2 is 1.70 bits per heavy atom. The second-order valence-electron chi connectivity index (χ2n) is 9.36. The molecule has 44 heavy (non-hydrogen) atoms. The summed E-state index contributed by atoms with van der Waals surface area (Å²) in [7, 11) is 0. The largest absolute Gasteiger partial charge is 0.483 e. The van der Waals surface area contributed by atoms with Crippen molar-refractivity contribution in [2.24, 2.45) is 0 Å². The average molecular weight is 638 g/mol. The second kappa shape index (κ2) is 14.5. The molecule has 14 heteroatoms. The Morgan fingerprint density at radius 1 is 1.00 bits per heavy atom. The first-order valence-electron chi connectivity index (χ1n) is 13.4. The van der Waals surface area contributed by atoms with Gasteiger partial charge < -0.3 is 20.3 Å². The van der Waals surface area contributed by atoms with E-state index in [1.807, 2.05) is 19.9 Å². The number of halogens is 1. The van der Waals surface area contributed by atoms with Gasteiger partial charge in [0.15, 0.2) is 6.61 Å². The summed E-state index contributed by atoms with van der Waals surface area (Å²) in [5.74, 6) is -1.49. The molecule has 2 N–H and O–H groups in total. The summed E-state index contributed by atoms with van der Waals surface area (Å²) in [6.45, 7) is 4.48. The van der Waals surface area contributed by atoms with Crippen LogP contribution in [0.15, 0.2) is 71.6 Å². The van der Waals surface area contributed by atoms with Crippen molar-refractivity contribution in [1.82, 2.24) is 4.90 Å². The number of rotatable bonds is 12. The van der Waals surface area contributed by atoms with Crippen molar-refractivity contribution in [2.45, 2.75) is 13.8 Å². The Kier molecular flexibility index (Phi) is 10.6. The molecule has 1 saturated heterocycles. The molecule has 0 aliphatic carbocycles. The van der Waals surface area contributed by atoms with E-state index >= 15 is 0 Å². The molecule has 0 bridgehead atoms. The third-order valence-corrected chi connectivity index (χ3v) is 7.57. The summed E-state index contributed by atoms with van der Waals surface area (Å²) in [6.07, 6.45) is 1.47. The minimum atomic E-state index is -0.645. The van der Waals surface area contributed by atoms with Crippen LogP contribution < -0.4 is 20.3 Å². The van der Waals surface area contributed by atoms with Gasteiger partial charge in [-0.15, -0.1) is 0 Å². The molecule has 4 rings (SSSR count). The summed E-state index contributed by atoms with van der Waals surface area (Å²) in [6, 6.07) is 17.2. The number of nitro groups is 1. The van der Waals surface area contributed by atoms with Gasteiger partial charge in [0, 0.05) is 58.9 Å². The SMILES string of the molecule is CCN(CC)c1ccc(/C=C2/SC(=O)N(CC(=O)Nc3ccc(Cl)cc3)C2=O)c(OCC(=O)Nc2cccc([N+](=O)[O-])c2)c1. The van der Waals surface area contributed by atoms with Gasteiger partial charge in [-0.2, -0.15) is 0 Å². The highest BCUT2D eigenvalue weighted by molar-refractivity contribution is 8.18. The predicted molar refractivity (Wildman–Crippen MR) is 170 cm³/mol. The highest BCUT2D eigenvalue weighted by atomic mass is 35.5. The zero-order chi connectivity index (χ0) is 31.8. The summed E-state index contributed by atoms with van der Waals surface area (Å²) in [5, 5.41) is 16.1. The van der Waals surface area contributed by atoms with E-state index in [0.29, 0.717) is 41.1 Å². The summed E-state index contributed by atoms with van der Waals surface area (Å²) < 4.78 is 5.86. The van der Waals surface area contributed by atoms with Crippen LogP contribution in [0.3, 0.4) is 0 Å². The maximum absolute atomic E-state index is 13.1. The molecular formula is C30H28ClN5O7S. The Labute approximate surface area is 262 Å². The highest BCUT2D eigenvalue weighted by Gasteiger charge is 2.36. The molecule has 0 saturated carbocycles. The van der Waals surface area contributed by atoms with E-state index < -0.39 is 41.0 Å². The second-order valence-corrected chi connectivity index (χ2v) is 10.8. The first-order valence-corrected chi connectivity index (χ1v) is 14.6. The molecule has 1 fully saturated rings. The van der Waals surface area contributed by atoms with Crippen LogP contribution >= 0.6 is 23.4 Å². The first-order chi connectivity index (χ1) is 21.1. The van der Waals surface area contributed by atoms with Gasteiger partial charge in [-0.3, -0.25) is 34.2 Å². The first kappa shape index (κ1) is 32.0. The van der Waals surface area contributed by atoms with Crippen molar-refractivity contribution < 1.29 is 28.8 Å². The Balaban J connectivity index is 1.51. The third-order valence-electron chi connectivity index (χ3n) is 6.42. The van der Waals surface area contributed by atoms with Crippen molar-refractivity contribution in [2.75, 3.05) is 41.8 Å². The van der Waals surface area contributed by atoms with Crippen LogP contribution in [0.2, 0.25) is 5.02 Å². The number of hydrogen-bond donors (Lipinski definition) is 2. The molecule has 1 aliphatic heterocycles. The van der Waals surface area contributed by atoms with Gasteiger partial charge >= 0.3 is 0 Å². The number of nitrogens with one attached hydrogen (secondary N) is 2. The van der Waals surface area contributed by atoms with Crippen LogP contribution in [0.25, 0.3) is 6.08 Å². The number of ether oxygens (including phenoxy) is 1. The molecule has 12 nitrogen and oxygen atoms in total. The molecule has 1 aliphatic rings. The summed E-state index contributed by atoms with van der Waals surface area (Å²) in [4.78, 5) is 64.5. The van der Waals surface area contributed by atoms with Gasteiger partial charge in [0.25, 0.3) is 22.7 Å². The quantitative estimate of drug-likeness (QED) is 0.143. The molecule has 0 unspecified atom stereocenters. The number of imide groups is 1. The number of nitrogens with zero attached hydrogens (tertiary/aromatic N) is 3. The molecular weight excluding hydrogens is 610 g/mol. The van der Waals surface area contributed by atoms with Crippen molar-refractivity contribution >= 4 is 75.1 Å². The van der Waals surface area contributed by atoms with Crippen molar-refractivity contribution in [1.29, 1.82) is 0 Å². The van der Waals surface area contributed by atoms with Crippen molar-refractivity contribution in [3.8, 4) is 5.75 Å². The van der Waals surface area contributed by atoms with Crippen LogP contribution in [0.1, 0.15) is 19.4 Å². The van der Waals surface area contributed by atoms with Crippen LogP contribution in [0, 0.1) is 10.1 Å². The molecule has 3 aromatic rings. The molecule has 0 radical (unpaired) electrons. The number of anilines is 3. The van der Waals surface area contributed by atoms with Crippen molar-refractivity contribution in [3.63, 3.8) is 0 Å². The molecule has 3 aromatic carbocycles. The van der Waals surface area contributed by atoms with E-state index in [1.54, 1.807) is 36.4 Å². The molecule has 0 spiro atoms. The number of carbonyl (C=O) groups excluding carboxylic acids is 4. The van der Waals surface area contributed by atoms with Gasteiger partial charge in [0.05, 0.1) is 9.83 Å². The lowest BCUT2D eigenvalue weighted by Gasteiger charge is -2.22. The van der Waals surface area contributed by atoms with E-state index in [9.17, 15) is 29.3 Å². The number of amides is 4. The van der Waals surface area contributed by atoms with Gasteiger partial charge in [-0.1, -0.05) is 17.7 Å². The minimum Gasteiger partial charge on any atom is -0.483 e. The van der Waals surface area contributed by atoms with Crippen LogP contribution in [0.5, 0.6) is 5.75 Å². The molecule has 0 aromatic heterocycles. The van der Waals surface area contributed by atoms with Crippen LogP contribution in [0.4, 0.5) is 27.5 Å². The Hall–Kier alpha value is -4.88. The monoisotopic (exact) mass is 637 g/mol.